The lowest BCUT2D eigenvalue weighted by Gasteiger charge is -2.38. The Kier molecular flexibility index (Phi) is 7.08. The SMILES string of the molecule is COc1ccc(-n2c(C)cc3c(=O)n(CC4(O)CCN(C(=O)C[C@@H](C)c5ccccc5)CC4)cnc32)cc1. The maximum absolute atomic E-state index is 13.4. The fourth-order valence-corrected chi connectivity index (χ4v) is 5.35. The first kappa shape index (κ1) is 25.7. The molecule has 1 N–H and O–H groups in total. The van der Waals surface area contributed by atoms with E-state index >= 15 is 0 Å². The van der Waals surface area contributed by atoms with Gasteiger partial charge in [0.2, 0.25) is 5.91 Å². The van der Waals surface area contributed by atoms with Crippen LogP contribution in [-0.4, -0.2) is 55.8 Å². The summed E-state index contributed by atoms with van der Waals surface area (Å²) in [6.45, 7) is 5.08. The third kappa shape index (κ3) is 5.09. The molecule has 4 aromatic rings. The quantitative estimate of drug-likeness (QED) is 0.402. The number of hydrogen-bond acceptors (Lipinski definition) is 5. The van der Waals surface area contributed by atoms with E-state index in [-0.39, 0.29) is 23.9 Å². The van der Waals surface area contributed by atoms with Crippen LogP contribution in [0.5, 0.6) is 5.75 Å². The number of hydrogen-bond donors (Lipinski definition) is 1. The van der Waals surface area contributed by atoms with Crippen LogP contribution >= 0.6 is 0 Å². The number of amides is 1. The van der Waals surface area contributed by atoms with Crippen molar-refractivity contribution in [2.75, 3.05) is 20.2 Å². The van der Waals surface area contributed by atoms with E-state index in [4.69, 9.17) is 4.74 Å². The number of likely N-dealkylation sites (tertiary alicyclic amines) is 1. The summed E-state index contributed by atoms with van der Waals surface area (Å²) in [6.07, 6.45) is 2.78. The molecule has 198 valence electrons. The average Bonchev–Trinajstić information content (AvgIpc) is 3.27. The summed E-state index contributed by atoms with van der Waals surface area (Å²) in [5.74, 6) is 0.985. The topological polar surface area (TPSA) is 89.6 Å². The van der Waals surface area contributed by atoms with Crippen molar-refractivity contribution >= 4 is 16.9 Å². The number of rotatable bonds is 7. The van der Waals surface area contributed by atoms with E-state index < -0.39 is 5.60 Å². The molecule has 0 bridgehead atoms. The highest BCUT2D eigenvalue weighted by molar-refractivity contribution is 5.79. The van der Waals surface area contributed by atoms with Crippen molar-refractivity contribution < 1.29 is 14.6 Å². The zero-order valence-corrected chi connectivity index (χ0v) is 22.1. The molecule has 5 rings (SSSR count). The van der Waals surface area contributed by atoms with Gasteiger partial charge in [-0.15, -0.1) is 0 Å². The van der Waals surface area contributed by atoms with Gasteiger partial charge < -0.3 is 14.7 Å². The van der Waals surface area contributed by atoms with Crippen LogP contribution < -0.4 is 10.3 Å². The molecule has 1 aliphatic heterocycles. The Morgan fingerprint density at radius 1 is 1.11 bits per heavy atom. The summed E-state index contributed by atoms with van der Waals surface area (Å²) in [4.78, 5) is 32.7. The number of benzene rings is 2. The van der Waals surface area contributed by atoms with Crippen LogP contribution in [0.2, 0.25) is 0 Å². The zero-order valence-electron chi connectivity index (χ0n) is 22.1. The molecule has 1 aliphatic rings. The Bertz CT molecular complexity index is 1480. The van der Waals surface area contributed by atoms with Gasteiger partial charge in [-0.1, -0.05) is 37.3 Å². The van der Waals surface area contributed by atoms with Crippen molar-refractivity contribution in [2.24, 2.45) is 0 Å². The Morgan fingerprint density at radius 3 is 2.45 bits per heavy atom. The highest BCUT2D eigenvalue weighted by Crippen LogP contribution is 2.27. The monoisotopic (exact) mass is 514 g/mol. The Labute approximate surface area is 222 Å². The summed E-state index contributed by atoms with van der Waals surface area (Å²) in [5, 5.41) is 11.8. The lowest BCUT2D eigenvalue weighted by atomic mass is 9.90. The highest BCUT2D eigenvalue weighted by Gasteiger charge is 2.35. The third-order valence-electron chi connectivity index (χ3n) is 7.66. The number of carbonyl (C=O) groups excluding carboxylic acids is 1. The molecule has 1 atom stereocenters. The predicted octanol–water partition coefficient (Wildman–Crippen LogP) is 4.05. The maximum Gasteiger partial charge on any atom is 0.262 e. The van der Waals surface area contributed by atoms with Gasteiger partial charge in [-0.05, 0) is 61.6 Å². The Morgan fingerprint density at radius 2 is 1.79 bits per heavy atom. The molecule has 1 saturated heterocycles. The molecule has 8 heteroatoms. The molecule has 1 amide bonds. The summed E-state index contributed by atoms with van der Waals surface area (Å²) in [5.41, 5.74) is 2.24. The van der Waals surface area contributed by atoms with E-state index in [1.54, 1.807) is 7.11 Å². The minimum atomic E-state index is -1.07. The molecule has 0 radical (unpaired) electrons. The van der Waals surface area contributed by atoms with Crippen LogP contribution in [0.15, 0.2) is 71.8 Å². The summed E-state index contributed by atoms with van der Waals surface area (Å²) in [7, 11) is 1.62. The van der Waals surface area contributed by atoms with Gasteiger partial charge in [-0.25, -0.2) is 4.98 Å². The van der Waals surface area contributed by atoms with Crippen molar-refractivity contribution in [3.05, 3.63) is 88.6 Å². The number of aromatic nitrogens is 3. The van der Waals surface area contributed by atoms with E-state index in [0.717, 1.165) is 22.7 Å². The summed E-state index contributed by atoms with van der Waals surface area (Å²) < 4.78 is 8.69. The molecule has 38 heavy (non-hydrogen) atoms. The van der Waals surface area contributed by atoms with Gasteiger partial charge in [0.1, 0.15) is 12.1 Å². The number of aliphatic hydroxyl groups is 1. The van der Waals surface area contributed by atoms with Gasteiger partial charge in [0.15, 0.2) is 5.65 Å². The first-order chi connectivity index (χ1) is 18.3. The van der Waals surface area contributed by atoms with Gasteiger partial charge in [-0.3, -0.25) is 18.7 Å². The molecule has 0 saturated carbocycles. The van der Waals surface area contributed by atoms with E-state index in [2.05, 4.69) is 11.9 Å². The second-order valence-corrected chi connectivity index (χ2v) is 10.4. The molecule has 8 nitrogen and oxygen atoms in total. The summed E-state index contributed by atoms with van der Waals surface area (Å²) >= 11 is 0. The fourth-order valence-electron chi connectivity index (χ4n) is 5.35. The van der Waals surface area contributed by atoms with E-state index in [1.807, 2.05) is 77.1 Å². The number of ether oxygens (including phenoxy) is 1. The van der Waals surface area contributed by atoms with Crippen molar-refractivity contribution in [3.8, 4) is 11.4 Å². The van der Waals surface area contributed by atoms with Crippen LogP contribution in [-0.2, 0) is 11.3 Å². The van der Waals surface area contributed by atoms with Crippen molar-refractivity contribution in [3.63, 3.8) is 0 Å². The van der Waals surface area contributed by atoms with E-state index in [9.17, 15) is 14.7 Å². The average molecular weight is 515 g/mol. The third-order valence-corrected chi connectivity index (χ3v) is 7.66. The molecule has 2 aromatic carbocycles. The van der Waals surface area contributed by atoms with Gasteiger partial charge in [0.05, 0.1) is 24.6 Å². The number of nitrogens with zero attached hydrogens (tertiary/aromatic N) is 4. The molecular weight excluding hydrogens is 480 g/mol. The highest BCUT2D eigenvalue weighted by atomic mass is 16.5. The molecule has 0 spiro atoms. The Balaban J connectivity index is 1.28. The molecule has 1 fully saturated rings. The van der Waals surface area contributed by atoms with Gasteiger partial charge >= 0.3 is 0 Å². The van der Waals surface area contributed by atoms with Crippen LogP contribution in [0.25, 0.3) is 16.7 Å². The van der Waals surface area contributed by atoms with Crippen LogP contribution in [0.3, 0.4) is 0 Å². The van der Waals surface area contributed by atoms with Crippen molar-refractivity contribution in [1.29, 1.82) is 0 Å². The van der Waals surface area contributed by atoms with Gasteiger partial charge in [0, 0.05) is 30.9 Å². The second-order valence-electron chi connectivity index (χ2n) is 10.4. The minimum absolute atomic E-state index is 0.0963. The molecule has 0 aliphatic carbocycles. The second kappa shape index (κ2) is 10.5. The van der Waals surface area contributed by atoms with Crippen LogP contribution in [0, 0.1) is 6.92 Å². The lowest BCUT2D eigenvalue weighted by molar-refractivity contribution is -0.136. The van der Waals surface area contributed by atoms with E-state index in [0.29, 0.717) is 43.4 Å². The van der Waals surface area contributed by atoms with Gasteiger partial charge in [-0.2, -0.15) is 0 Å². The standard InChI is InChI=1S/C30H34N4O4/c1-21(23-7-5-4-6-8-23)17-27(35)32-15-13-30(37,14-16-32)19-33-20-31-28-26(29(33)36)18-22(2)34(28)24-9-11-25(38-3)12-10-24/h4-12,18,20-21,37H,13-17,19H2,1-3H3/t21-/m1/s1. The number of piperidine rings is 1. The molecule has 2 aromatic heterocycles. The molecular formula is C30H34N4O4. The molecule has 0 unspecified atom stereocenters. The van der Waals surface area contributed by atoms with E-state index in [1.165, 1.54) is 10.9 Å². The van der Waals surface area contributed by atoms with Crippen molar-refractivity contribution in [1.82, 2.24) is 19.0 Å². The predicted molar refractivity (Wildman–Crippen MR) is 147 cm³/mol. The van der Waals surface area contributed by atoms with Crippen molar-refractivity contribution in [2.45, 2.75) is 51.2 Å². The molecule has 3 heterocycles. The normalized spacial score (nSPS) is 15.9. The zero-order chi connectivity index (χ0) is 26.9. The number of methoxy groups -OCH3 is 1. The Hall–Kier alpha value is -3.91. The lowest BCUT2D eigenvalue weighted by Crippen LogP contribution is -2.49. The van der Waals surface area contributed by atoms with Gasteiger partial charge in [0.25, 0.3) is 5.56 Å². The first-order valence-electron chi connectivity index (χ1n) is 13.0. The smallest absolute Gasteiger partial charge is 0.262 e. The number of fused-ring (bicyclic) bond motifs is 1. The number of carbonyl (C=O) groups is 1. The minimum Gasteiger partial charge on any atom is -0.497 e. The largest absolute Gasteiger partial charge is 0.497 e. The summed E-state index contributed by atoms with van der Waals surface area (Å²) in [6, 6.07) is 19.5. The fraction of sp³-hybridized carbons (Fsp3) is 0.367. The number of aryl methyl sites for hydroxylation is 1. The van der Waals surface area contributed by atoms with Crippen LogP contribution in [0.4, 0.5) is 0 Å². The maximum atomic E-state index is 13.4. The first-order valence-corrected chi connectivity index (χ1v) is 13.0. The van der Waals surface area contributed by atoms with Crippen LogP contribution in [0.1, 0.15) is 43.4 Å².